The van der Waals surface area contributed by atoms with Crippen LogP contribution in [0.4, 0.5) is 0 Å². The van der Waals surface area contributed by atoms with Gasteiger partial charge in [0.1, 0.15) is 17.5 Å². The second-order valence-electron chi connectivity index (χ2n) is 4.68. The van der Waals surface area contributed by atoms with Crippen LogP contribution in [0.15, 0.2) is 36.7 Å². The molecule has 0 amide bonds. The number of aliphatic hydroxyl groups is 1. The molecule has 0 spiro atoms. The Labute approximate surface area is 117 Å². The molecule has 0 saturated carbocycles. The second kappa shape index (κ2) is 5.46. The Morgan fingerprint density at radius 2 is 2.10 bits per heavy atom. The highest BCUT2D eigenvalue weighted by Crippen LogP contribution is 2.42. The summed E-state index contributed by atoms with van der Waals surface area (Å²) < 4.78 is 10.8. The van der Waals surface area contributed by atoms with Crippen molar-refractivity contribution in [3.63, 3.8) is 0 Å². The Morgan fingerprint density at radius 1 is 1.30 bits per heavy atom. The van der Waals surface area contributed by atoms with Crippen LogP contribution in [0.2, 0.25) is 0 Å². The molecule has 104 valence electrons. The third-order valence-corrected chi connectivity index (χ3v) is 3.55. The molecule has 2 heterocycles. The van der Waals surface area contributed by atoms with E-state index in [1.807, 2.05) is 24.3 Å². The summed E-state index contributed by atoms with van der Waals surface area (Å²) in [5, 5.41) is 10.7. The maximum atomic E-state index is 10.7. The van der Waals surface area contributed by atoms with Gasteiger partial charge >= 0.3 is 0 Å². The van der Waals surface area contributed by atoms with Crippen molar-refractivity contribution >= 4 is 0 Å². The molecule has 3 rings (SSSR count). The van der Waals surface area contributed by atoms with Gasteiger partial charge in [0.15, 0.2) is 0 Å². The number of benzene rings is 1. The number of ether oxygens (including phenoxy) is 2. The summed E-state index contributed by atoms with van der Waals surface area (Å²) in [5.74, 6) is 1.13. The Hall–Kier alpha value is -2.14. The van der Waals surface area contributed by atoms with E-state index in [0.29, 0.717) is 18.2 Å². The largest absolute Gasteiger partial charge is 0.493 e. The molecule has 2 aromatic rings. The van der Waals surface area contributed by atoms with Gasteiger partial charge < -0.3 is 14.6 Å². The molecule has 1 aliphatic rings. The van der Waals surface area contributed by atoms with Gasteiger partial charge in [-0.1, -0.05) is 18.2 Å². The van der Waals surface area contributed by atoms with E-state index >= 15 is 0 Å². The maximum absolute atomic E-state index is 10.7. The monoisotopic (exact) mass is 272 g/mol. The van der Waals surface area contributed by atoms with E-state index in [0.717, 1.165) is 17.7 Å². The van der Waals surface area contributed by atoms with Crippen LogP contribution in [-0.4, -0.2) is 28.8 Å². The van der Waals surface area contributed by atoms with E-state index < -0.39 is 6.10 Å². The van der Waals surface area contributed by atoms with Crippen LogP contribution in [0.3, 0.4) is 0 Å². The molecular weight excluding hydrogens is 256 g/mol. The average Bonchev–Trinajstić information content (AvgIpc) is 2.53. The van der Waals surface area contributed by atoms with Gasteiger partial charge in [-0.05, 0) is 12.5 Å². The van der Waals surface area contributed by atoms with Gasteiger partial charge in [0.2, 0.25) is 5.88 Å². The molecule has 20 heavy (non-hydrogen) atoms. The van der Waals surface area contributed by atoms with Gasteiger partial charge in [-0.15, -0.1) is 0 Å². The summed E-state index contributed by atoms with van der Waals surface area (Å²) in [5.41, 5.74) is 1.47. The highest BCUT2D eigenvalue weighted by Gasteiger charge is 2.31. The highest BCUT2D eigenvalue weighted by atomic mass is 16.5. The van der Waals surface area contributed by atoms with Crippen LogP contribution >= 0.6 is 0 Å². The number of nitrogens with zero attached hydrogens (tertiary/aromatic N) is 2. The zero-order valence-corrected chi connectivity index (χ0v) is 11.2. The molecule has 1 aromatic heterocycles. The van der Waals surface area contributed by atoms with E-state index in [1.54, 1.807) is 12.4 Å². The number of para-hydroxylation sites is 1. The quantitative estimate of drug-likeness (QED) is 0.926. The summed E-state index contributed by atoms with van der Waals surface area (Å²) in [4.78, 5) is 8.31. The van der Waals surface area contributed by atoms with Crippen molar-refractivity contribution in [3.05, 3.63) is 47.9 Å². The van der Waals surface area contributed by atoms with Crippen molar-refractivity contribution in [2.75, 3.05) is 13.7 Å². The molecular formula is C15H16N2O3. The summed E-state index contributed by atoms with van der Waals surface area (Å²) in [6.45, 7) is 0.585. The van der Waals surface area contributed by atoms with Crippen molar-refractivity contribution < 1.29 is 14.6 Å². The van der Waals surface area contributed by atoms with Crippen LogP contribution in [0, 0.1) is 0 Å². The van der Waals surface area contributed by atoms with E-state index in [1.165, 1.54) is 7.11 Å². The first-order valence-corrected chi connectivity index (χ1v) is 6.56. The minimum atomic E-state index is -0.760. The topological polar surface area (TPSA) is 64.5 Å². The van der Waals surface area contributed by atoms with Gasteiger partial charge in [-0.25, -0.2) is 4.98 Å². The highest BCUT2D eigenvalue weighted by molar-refractivity contribution is 5.40. The molecule has 0 saturated heterocycles. The fraction of sp³-hybridized carbons (Fsp3) is 0.333. The molecule has 0 bridgehead atoms. The number of rotatable bonds is 3. The van der Waals surface area contributed by atoms with Crippen LogP contribution in [-0.2, 0) is 0 Å². The normalized spacial score (nSPS) is 18.8. The third kappa shape index (κ3) is 2.20. The maximum Gasteiger partial charge on any atom is 0.238 e. The number of aromatic nitrogens is 2. The van der Waals surface area contributed by atoms with Crippen LogP contribution in [0.1, 0.15) is 29.7 Å². The predicted molar refractivity (Wildman–Crippen MR) is 72.8 cm³/mol. The lowest BCUT2D eigenvalue weighted by Gasteiger charge is -2.29. The van der Waals surface area contributed by atoms with E-state index in [9.17, 15) is 5.11 Å². The number of hydrogen-bond donors (Lipinski definition) is 1. The number of methoxy groups -OCH3 is 1. The van der Waals surface area contributed by atoms with Crippen molar-refractivity contribution in [1.29, 1.82) is 0 Å². The van der Waals surface area contributed by atoms with Crippen LogP contribution in [0.25, 0.3) is 0 Å². The minimum Gasteiger partial charge on any atom is -0.493 e. The number of hydrogen-bond acceptors (Lipinski definition) is 5. The lowest BCUT2D eigenvalue weighted by atomic mass is 9.87. The van der Waals surface area contributed by atoms with Gasteiger partial charge in [-0.3, -0.25) is 4.98 Å². The second-order valence-corrected chi connectivity index (χ2v) is 4.68. The summed E-state index contributed by atoms with van der Waals surface area (Å²) in [7, 11) is 1.53. The fourth-order valence-corrected chi connectivity index (χ4v) is 2.58. The number of aliphatic hydroxyl groups excluding tert-OH is 1. The van der Waals surface area contributed by atoms with Gasteiger partial charge in [-0.2, -0.15) is 0 Å². The van der Waals surface area contributed by atoms with Gasteiger partial charge in [0, 0.05) is 23.9 Å². The Bertz CT molecular complexity index is 603. The van der Waals surface area contributed by atoms with Crippen molar-refractivity contribution in [1.82, 2.24) is 9.97 Å². The molecule has 1 aromatic carbocycles. The molecule has 2 atom stereocenters. The molecule has 5 heteroatoms. The van der Waals surface area contributed by atoms with E-state index in [2.05, 4.69) is 9.97 Å². The Morgan fingerprint density at radius 3 is 2.95 bits per heavy atom. The molecule has 0 fully saturated rings. The molecule has 1 N–H and O–H groups in total. The first-order valence-electron chi connectivity index (χ1n) is 6.56. The molecule has 0 radical (unpaired) electrons. The first-order chi connectivity index (χ1) is 9.81. The minimum absolute atomic E-state index is 0.0643. The number of fused-ring (bicyclic) bond motifs is 1. The predicted octanol–water partition coefficient (Wildman–Crippen LogP) is 2.08. The SMILES string of the molecule is COc1nccnc1C(O)C1CCOc2ccccc21. The van der Waals surface area contributed by atoms with Gasteiger partial charge in [0.25, 0.3) is 0 Å². The molecule has 1 aliphatic heterocycles. The van der Waals surface area contributed by atoms with Gasteiger partial charge in [0.05, 0.1) is 13.7 Å². The summed E-state index contributed by atoms with van der Waals surface area (Å²) >= 11 is 0. The Kier molecular flexibility index (Phi) is 3.52. The smallest absolute Gasteiger partial charge is 0.238 e. The standard InChI is InChI=1S/C15H16N2O3/c1-19-15-13(16-7-8-17-15)14(18)11-6-9-20-12-5-3-2-4-10(11)12/h2-5,7-8,11,14,18H,6,9H2,1H3. The fourth-order valence-electron chi connectivity index (χ4n) is 2.58. The zero-order chi connectivity index (χ0) is 13.9. The molecule has 0 aliphatic carbocycles. The lowest BCUT2D eigenvalue weighted by Crippen LogP contribution is -2.21. The lowest BCUT2D eigenvalue weighted by molar-refractivity contribution is 0.110. The average molecular weight is 272 g/mol. The third-order valence-electron chi connectivity index (χ3n) is 3.55. The van der Waals surface area contributed by atoms with Crippen LogP contribution in [0.5, 0.6) is 11.6 Å². The van der Waals surface area contributed by atoms with Crippen molar-refractivity contribution in [2.45, 2.75) is 18.4 Å². The van der Waals surface area contributed by atoms with E-state index in [4.69, 9.17) is 9.47 Å². The summed E-state index contributed by atoms with van der Waals surface area (Å²) in [6, 6.07) is 7.77. The summed E-state index contributed by atoms with van der Waals surface area (Å²) in [6.07, 6.45) is 3.08. The first kappa shape index (κ1) is 12.9. The molecule has 2 unspecified atom stereocenters. The van der Waals surface area contributed by atoms with Crippen molar-refractivity contribution in [3.8, 4) is 11.6 Å². The zero-order valence-electron chi connectivity index (χ0n) is 11.2. The van der Waals surface area contributed by atoms with E-state index in [-0.39, 0.29) is 5.92 Å². The van der Waals surface area contributed by atoms with Crippen LogP contribution < -0.4 is 9.47 Å². The molecule has 5 nitrogen and oxygen atoms in total. The van der Waals surface area contributed by atoms with Crippen molar-refractivity contribution in [2.24, 2.45) is 0 Å². The Balaban J connectivity index is 1.97.